The fraction of sp³-hybridized carbons (Fsp3) is 0.552. The standard InChI is InChI=1S/C29H46N2O3Si/c1-22(2)26(30)20-19-23(31-27(32)34-28(3,4)5)21-33-35(29(6,7)8,24-15-11-9-12-16-24)25-17-13-10-14-18-25/h9-18,22-23,26H,19-21,30H2,1-8H3,(H,31,32)/t23-,26?/m0/s1. The number of hydrogen-bond acceptors (Lipinski definition) is 4. The molecule has 1 amide bonds. The van der Waals surface area contributed by atoms with Crippen LogP contribution in [0.4, 0.5) is 4.79 Å². The summed E-state index contributed by atoms with van der Waals surface area (Å²) in [5.74, 6) is 0.370. The molecule has 0 saturated carbocycles. The van der Waals surface area contributed by atoms with Crippen LogP contribution in [0.1, 0.15) is 68.2 Å². The van der Waals surface area contributed by atoms with E-state index in [0.29, 0.717) is 12.5 Å². The Hall–Kier alpha value is -2.15. The lowest BCUT2D eigenvalue weighted by molar-refractivity contribution is 0.0480. The summed E-state index contributed by atoms with van der Waals surface area (Å²) in [5, 5.41) is 5.37. The molecule has 5 nitrogen and oxygen atoms in total. The van der Waals surface area contributed by atoms with Gasteiger partial charge in [-0.25, -0.2) is 4.79 Å². The molecule has 2 aromatic carbocycles. The number of alkyl carbamates (subject to hydrolysis) is 1. The zero-order chi connectivity index (χ0) is 26.3. The quantitative estimate of drug-likeness (QED) is 0.441. The van der Waals surface area contributed by atoms with Gasteiger partial charge < -0.3 is 20.2 Å². The molecule has 1 unspecified atom stereocenters. The van der Waals surface area contributed by atoms with Crippen molar-refractivity contribution >= 4 is 24.8 Å². The maximum atomic E-state index is 12.7. The van der Waals surface area contributed by atoms with Gasteiger partial charge in [-0.2, -0.15) is 0 Å². The highest BCUT2D eigenvalue weighted by Gasteiger charge is 2.50. The summed E-state index contributed by atoms with van der Waals surface area (Å²) in [5.41, 5.74) is 5.79. The first-order valence-corrected chi connectivity index (χ1v) is 14.7. The average molecular weight is 499 g/mol. The number of nitrogens with two attached hydrogens (primary N) is 1. The summed E-state index contributed by atoms with van der Waals surface area (Å²) in [6.45, 7) is 17.0. The third-order valence-electron chi connectivity index (χ3n) is 6.34. The minimum Gasteiger partial charge on any atom is -0.444 e. The number of carbonyl (C=O) groups excluding carboxylic acids is 1. The zero-order valence-electron chi connectivity index (χ0n) is 22.9. The molecule has 6 heteroatoms. The van der Waals surface area contributed by atoms with Gasteiger partial charge in [-0.1, -0.05) is 95.3 Å². The highest BCUT2D eigenvalue weighted by Crippen LogP contribution is 2.37. The largest absolute Gasteiger partial charge is 0.444 e. The van der Waals surface area contributed by atoms with Gasteiger partial charge in [0.25, 0.3) is 8.32 Å². The van der Waals surface area contributed by atoms with Crippen molar-refractivity contribution in [3.05, 3.63) is 60.7 Å². The van der Waals surface area contributed by atoms with E-state index in [1.165, 1.54) is 10.4 Å². The Morgan fingerprint density at radius 2 is 1.37 bits per heavy atom. The van der Waals surface area contributed by atoms with E-state index in [-0.39, 0.29) is 17.1 Å². The smallest absolute Gasteiger partial charge is 0.407 e. The van der Waals surface area contributed by atoms with Crippen LogP contribution < -0.4 is 21.4 Å². The lowest BCUT2D eigenvalue weighted by Crippen LogP contribution is -2.67. The molecule has 0 bridgehead atoms. The third kappa shape index (κ3) is 8.19. The van der Waals surface area contributed by atoms with E-state index in [0.717, 1.165) is 12.8 Å². The molecule has 0 saturated heterocycles. The third-order valence-corrected chi connectivity index (χ3v) is 11.3. The Morgan fingerprint density at radius 3 is 1.77 bits per heavy atom. The second-order valence-corrected chi connectivity index (χ2v) is 16.1. The van der Waals surface area contributed by atoms with E-state index in [4.69, 9.17) is 14.9 Å². The first-order chi connectivity index (χ1) is 16.3. The lowest BCUT2D eigenvalue weighted by Gasteiger charge is -2.43. The van der Waals surface area contributed by atoms with Gasteiger partial charge in [-0.15, -0.1) is 0 Å². The molecule has 0 radical (unpaired) electrons. The van der Waals surface area contributed by atoms with Crippen LogP contribution >= 0.6 is 0 Å². The molecular weight excluding hydrogens is 452 g/mol. The van der Waals surface area contributed by atoms with Gasteiger partial charge in [0.2, 0.25) is 0 Å². The van der Waals surface area contributed by atoms with Gasteiger partial charge >= 0.3 is 6.09 Å². The maximum Gasteiger partial charge on any atom is 0.407 e. The van der Waals surface area contributed by atoms with Crippen LogP contribution in [0.2, 0.25) is 5.04 Å². The molecule has 0 fully saturated rings. The van der Waals surface area contributed by atoms with Gasteiger partial charge in [-0.05, 0) is 54.9 Å². The zero-order valence-corrected chi connectivity index (χ0v) is 23.9. The SMILES string of the molecule is CC(C)C(N)CC[C@@H](CO[Si](c1ccccc1)(c1ccccc1)C(C)(C)C)NC(=O)OC(C)(C)C. The van der Waals surface area contributed by atoms with Crippen LogP contribution in [0.15, 0.2) is 60.7 Å². The Bertz CT molecular complexity index is 866. The predicted molar refractivity (Wildman–Crippen MR) is 149 cm³/mol. The summed E-state index contributed by atoms with van der Waals surface area (Å²) in [7, 11) is -2.71. The number of nitrogens with one attached hydrogen (secondary N) is 1. The van der Waals surface area contributed by atoms with Crippen molar-refractivity contribution in [2.24, 2.45) is 11.7 Å². The summed E-state index contributed by atoms with van der Waals surface area (Å²) < 4.78 is 12.6. The van der Waals surface area contributed by atoms with Gasteiger partial charge in [0.15, 0.2) is 0 Å². The predicted octanol–water partition coefficient (Wildman–Crippen LogP) is 5.22. The van der Waals surface area contributed by atoms with Crippen molar-refractivity contribution in [3.63, 3.8) is 0 Å². The number of amides is 1. The van der Waals surface area contributed by atoms with Gasteiger partial charge in [-0.3, -0.25) is 0 Å². The first kappa shape index (κ1) is 29.1. The topological polar surface area (TPSA) is 73.6 Å². The van der Waals surface area contributed by atoms with Crippen molar-refractivity contribution < 1.29 is 14.0 Å². The Kier molecular flexibility index (Phi) is 10.1. The summed E-state index contributed by atoms with van der Waals surface area (Å²) in [6.07, 6.45) is 1.09. The van der Waals surface area contributed by atoms with Crippen LogP contribution in [0, 0.1) is 5.92 Å². The number of ether oxygens (including phenoxy) is 1. The van der Waals surface area contributed by atoms with Gasteiger partial charge in [0.05, 0.1) is 12.6 Å². The van der Waals surface area contributed by atoms with Crippen LogP contribution in [0.25, 0.3) is 0 Å². The van der Waals surface area contributed by atoms with Crippen molar-refractivity contribution in [3.8, 4) is 0 Å². The van der Waals surface area contributed by atoms with E-state index in [1.54, 1.807) is 0 Å². The van der Waals surface area contributed by atoms with Crippen LogP contribution in [-0.2, 0) is 9.16 Å². The molecule has 2 aromatic rings. The molecular formula is C29H46N2O3Si. The molecule has 3 N–H and O–H groups in total. The Labute approximate surface area is 213 Å². The van der Waals surface area contributed by atoms with E-state index in [1.807, 2.05) is 32.9 Å². The van der Waals surface area contributed by atoms with Crippen molar-refractivity contribution in [1.82, 2.24) is 5.32 Å². The minimum atomic E-state index is -2.71. The van der Waals surface area contributed by atoms with E-state index < -0.39 is 20.0 Å². The monoisotopic (exact) mass is 498 g/mol. The molecule has 35 heavy (non-hydrogen) atoms. The molecule has 194 valence electrons. The van der Waals surface area contributed by atoms with Crippen molar-refractivity contribution in [1.29, 1.82) is 0 Å². The van der Waals surface area contributed by atoms with Crippen LogP contribution in [-0.4, -0.2) is 38.7 Å². The lowest BCUT2D eigenvalue weighted by atomic mass is 9.98. The Balaban J connectivity index is 2.41. The summed E-state index contributed by atoms with van der Waals surface area (Å²) >= 11 is 0. The second kappa shape index (κ2) is 12.2. The average Bonchev–Trinajstić information content (AvgIpc) is 2.76. The fourth-order valence-corrected chi connectivity index (χ4v) is 8.99. The highest BCUT2D eigenvalue weighted by atomic mass is 28.4. The summed E-state index contributed by atoms with van der Waals surface area (Å²) in [6, 6.07) is 20.9. The normalized spacial score (nSPS) is 14.5. The molecule has 0 aliphatic carbocycles. The van der Waals surface area contributed by atoms with Crippen LogP contribution in [0.5, 0.6) is 0 Å². The molecule has 0 spiro atoms. The van der Waals surface area contributed by atoms with E-state index in [9.17, 15) is 4.79 Å². The number of rotatable bonds is 10. The molecule has 0 aliphatic rings. The van der Waals surface area contributed by atoms with Crippen molar-refractivity contribution in [2.45, 2.75) is 91.0 Å². The Morgan fingerprint density at radius 1 is 0.886 bits per heavy atom. The van der Waals surface area contributed by atoms with Gasteiger partial charge in [0.1, 0.15) is 5.60 Å². The molecule has 2 rings (SSSR count). The van der Waals surface area contributed by atoms with E-state index in [2.05, 4.69) is 88.5 Å². The van der Waals surface area contributed by atoms with Gasteiger partial charge in [0, 0.05) is 6.04 Å². The number of benzene rings is 2. The van der Waals surface area contributed by atoms with Crippen LogP contribution in [0.3, 0.4) is 0 Å². The summed E-state index contributed by atoms with van der Waals surface area (Å²) in [4.78, 5) is 12.7. The fourth-order valence-electron chi connectivity index (χ4n) is 4.39. The van der Waals surface area contributed by atoms with Crippen molar-refractivity contribution in [2.75, 3.05) is 6.61 Å². The highest BCUT2D eigenvalue weighted by molar-refractivity contribution is 6.99. The number of carbonyl (C=O) groups is 1. The van der Waals surface area contributed by atoms with E-state index >= 15 is 0 Å². The molecule has 0 aliphatic heterocycles. The first-order valence-electron chi connectivity index (χ1n) is 12.8. The minimum absolute atomic E-state index is 0.0609. The second-order valence-electron chi connectivity index (χ2n) is 11.8. The molecule has 0 heterocycles. The maximum absolute atomic E-state index is 12.7. The molecule has 2 atom stereocenters. The number of hydrogen-bond donors (Lipinski definition) is 2. The molecule has 0 aromatic heterocycles.